The number of carbonyl (C=O) groups excluding carboxylic acids is 1. The Morgan fingerprint density at radius 1 is 1.25 bits per heavy atom. The third-order valence-corrected chi connectivity index (χ3v) is 3.04. The Morgan fingerprint density at radius 2 is 1.92 bits per heavy atom. The molecule has 0 saturated carbocycles. The Bertz CT molecular complexity index is 455. The second kappa shape index (κ2) is 2.07. The van der Waals surface area contributed by atoms with Crippen molar-refractivity contribution in [2.24, 2.45) is 0 Å². The van der Waals surface area contributed by atoms with E-state index in [-0.39, 0.29) is 11.9 Å². The molecule has 1 N–H and O–H groups in total. The Balaban J connectivity index is 0.000000845. The largest absolute Gasteiger partial charge is 1.00 e. The van der Waals surface area contributed by atoms with Gasteiger partial charge in [-0.15, -0.1) is 0 Å². The summed E-state index contributed by atoms with van der Waals surface area (Å²) in [5.74, 6) is -0.550. The third kappa shape index (κ3) is 0.831. The van der Waals surface area contributed by atoms with Crippen molar-refractivity contribution >= 4 is 15.9 Å². The highest BCUT2D eigenvalue weighted by atomic mass is 32.2. The van der Waals surface area contributed by atoms with E-state index in [1.54, 1.807) is 12.1 Å². The van der Waals surface area contributed by atoms with Crippen molar-refractivity contribution < 1.29 is 14.6 Å². The number of hydrogen-bond donors (Lipinski definition) is 1. The number of hydrogen-bond acceptors (Lipinski definition) is 3. The van der Waals surface area contributed by atoms with E-state index in [0.29, 0.717) is 0 Å². The van der Waals surface area contributed by atoms with Crippen molar-refractivity contribution in [2.75, 3.05) is 0 Å². The Morgan fingerprint density at radius 3 is 2.58 bits per heavy atom. The third-order valence-electron chi connectivity index (χ3n) is 1.65. The van der Waals surface area contributed by atoms with Gasteiger partial charge in [0.1, 0.15) is 4.90 Å². The molecule has 1 aromatic carbocycles. The molecule has 0 atom stereocenters. The van der Waals surface area contributed by atoms with Crippen LogP contribution < -0.4 is 4.72 Å². The minimum Gasteiger partial charge on any atom is -0.268 e. The molecule has 0 bridgehead atoms. The van der Waals surface area contributed by atoms with Crippen LogP contribution in [0.1, 0.15) is 11.8 Å². The quantitative estimate of drug-likeness (QED) is 0.627. The average molecular weight is 184 g/mol. The minimum absolute atomic E-state index is 0. The van der Waals surface area contributed by atoms with E-state index in [9.17, 15) is 13.2 Å². The topological polar surface area (TPSA) is 63.2 Å². The maximum absolute atomic E-state index is 11.1. The van der Waals surface area contributed by atoms with Gasteiger partial charge in [0, 0.05) is 0 Å². The highest BCUT2D eigenvalue weighted by Crippen LogP contribution is 2.20. The molecule has 0 fully saturated rings. The van der Waals surface area contributed by atoms with Gasteiger partial charge in [-0.05, 0) is 12.1 Å². The van der Waals surface area contributed by atoms with Gasteiger partial charge in [-0.2, -0.15) is 0 Å². The number of amides is 1. The van der Waals surface area contributed by atoms with Gasteiger partial charge in [0.25, 0.3) is 15.9 Å². The maximum atomic E-state index is 11.1. The molecule has 1 amide bonds. The summed E-state index contributed by atoms with van der Waals surface area (Å²) in [5, 5.41) is 0. The van der Waals surface area contributed by atoms with Crippen molar-refractivity contribution in [3.63, 3.8) is 0 Å². The molecular weight excluding hydrogens is 178 g/mol. The number of benzene rings is 1. The number of carbonyl (C=O) groups is 1. The summed E-state index contributed by atoms with van der Waals surface area (Å²) >= 11 is 0. The zero-order valence-electron chi connectivity index (χ0n) is 6.94. The lowest BCUT2D eigenvalue weighted by Crippen LogP contribution is -2.20. The van der Waals surface area contributed by atoms with E-state index in [2.05, 4.69) is 0 Å². The van der Waals surface area contributed by atoms with Crippen molar-refractivity contribution in [3.8, 4) is 0 Å². The summed E-state index contributed by atoms with van der Waals surface area (Å²) < 4.78 is 24.2. The number of rotatable bonds is 0. The molecule has 0 radical (unpaired) electrons. The lowest BCUT2D eigenvalue weighted by molar-refractivity contribution is 0.0985. The monoisotopic (exact) mass is 184 g/mol. The van der Waals surface area contributed by atoms with Crippen LogP contribution in [-0.2, 0) is 10.0 Å². The van der Waals surface area contributed by atoms with Crippen molar-refractivity contribution in [1.29, 1.82) is 0 Å². The second-order valence-electron chi connectivity index (χ2n) is 2.43. The van der Waals surface area contributed by atoms with Crippen molar-refractivity contribution in [3.05, 3.63) is 29.8 Å². The van der Waals surface area contributed by atoms with Crippen LogP contribution in [0.2, 0.25) is 0 Å². The van der Waals surface area contributed by atoms with Crippen LogP contribution >= 0.6 is 0 Å². The first-order valence-electron chi connectivity index (χ1n) is 3.27. The van der Waals surface area contributed by atoms with Crippen molar-refractivity contribution in [1.82, 2.24) is 4.72 Å². The fourth-order valence-electron chi connectivity index (χ4n) is 1.12. The van der Waals surface area contributed by atoms with Gasteiger partial charge < -0.3 is 0 Å². The summed E-state index contributed by atoms with van der Waals surface area (Å²) in [6.07, 6.45) is 0. The standard InChI is InChI=1S/C7H5NO3S/c9-7-5-3-1-2-4-6(5)12(10,11)8-7/h1-4H,(H,8,9)/p+1. The molecule has 0 aliphatic carbocycles. The summed E-state index contributed by atoms with van der Waals surface area (Å²) in [4.78, 5) is 11.1. The Kier molecular flexibility index (Phi) is 1.26. The van der Waals surface area contributed by atoms with Crippen LogP contribution in [0.15, 0.2) is 29.2 Å². The normalized spacial score (nSPS) is 18.5. The van der Waals surface area contributed by atoms with Gasteiger partial charge in [-0.1, -0.05) is 12.1 Å². The van der Waals surface area contributed by atoms with E-state index in [1.165, 1.54) is 12.1 Å². The van der Waals surface area contributed by atoms with Gasteiger partial charge in [-0.25, -0.2) is 13.1 Å². The Hall–Kier alpha value is -1.36. The van der Waals surface area contributed by atoms with Gasteiger partial charge in [-0.3, -0.25) is 4.79 Å². The zero-order chi connectivity index (χ0) is 8.77. The fraction of sp³-hybridized carbons (Fsp3) is 0. The molecule has 0 unspecified atom stereocenters. The summed E-state index contributed by atoms with van der Waals surface area (Å²) in [5.41, 5.74) is 0.220. The van der Waals surface area contributed by atoms with Gasteiger partial charge in [0.2, 0.25) is 0 Å². The maximum Gasteiger partial charge on any atom is 1.00 e. The van der Waals surface area contributed by atoms with Crippen LogP contribution in [0, 0.1) is 0 Å². The highest BCUT2D eigenvalue weighted by Gasteiger charge is 2.31. The molecule has 1 aromatic rings. The smallest absolute Gasteiger partial charge is 0.268 e. The predicted molar refractivity (Wildman–Crippen MR) is 42.2 cm³/mol. The Labute approximate surface area is 70.7 Å². The van der Waals surface area contributed by atoms with E-state index in [1.807, 2.05) is 4.72 Å². The summed E-state index contributed by atoms with van der Waals surface area (Å²) in [7, 11) is -3.55. The molecular formula is C7H6NO3S+. The molecule has 2 rings (SSSR count). The highest BCUT2D eigenvalue weighted by molar-refractivity contribution is 7.90. The van der Waals surface area contributed by atoms with Gasteiger partial charge in [0.15, 0.2) is 0 Å². The molecule has 1 heterocycles. The molecule has 62 valence electrons. The van der Waals surface area contributed by atoms with E-state index < -0.39 is 15.9 Å². The second-order valence-corrected chi connectivity index (χ2v) is 4.08. The lowest BCUT2D eigenvalue weighted by Gasteiger charge is -1.91. The first-order valence-corrected chi connectivity index (χ1v) is 4.76. The SMILES string of the molecule is O=C1NS(=O)(=O)c2ccccc21.[H+]. The van der Waals surface area contributed by atoms with E-state index in [0.717, 1.165) is 0 Å². The molecule has 4 nitrogen and oxygen atoms in total. The van der Waals surface area contributed by atoms with Crippen molar-refractivity contribution in [2.45, 2.75) is 4.90 Å². The molecule has 12 heavy (non-hydrogen) atoms. The first-order chi connectivity index (χ1) is 5.61. The van der Waals surface area contributed by atoms with Gasteiger partial charge >= 0.3 is 1.43 Å². The predicted octanol–water partition coefficient (Wildman–Crippen LogP) is 0.231. The van der Waals surface area contributed by atoms with E-state index in [4.69, 9.17) is 0 Å². The number of fused-ring (bicyclic) bond motifs is 1. The molecule has 0 aromatic heterocycles. The number of sulfonamides is 1. The fourth-order valence-corrected chi connectivity index (χ4v) is 2.29. The van der Waals surface area contributed by atoms with Gasteiger partial charge in [0.05, 0.1) is 5.56 Å². The first kappa shape index (κ1) is 7.30. The van der Waals surface area contributed by atoms with Crippen LogP contribution in [0.4, 0.5) is 0 Å². The molecule has 1 aliphatic heterocycles. The molecule has 5 heteroatoms. The summed E-state index contributed by atoms with van der Waals surface area (Å²) in [6, 6.07) is 6.09. The van der Waals surface area contributed by atoms with Crippen LogP contribution in [0.3, 0.4) is 0 Å². The average Bonchev–Trinajstić information content (AvgIpc) is 2.25. The zero-order valence-corrected chi connectivity index (χ0v) is 6.76. The van der Waals surface area contributed by atoms with Crippen LogP contribution in [0.25, 0.3) is 0 Å². The molecule has 1 aliphatic rings. The minimum atomic E-state index is -3.55. The summed E-state index contributed by atoms with van der Waals surface area (Å²) in [6.45, 7) is 0. The van der Waals surface area contributed by atoms with E-state index >= 15 is 0 Å². The molecule has 0 spiro atoms. The number of nitrogens with one attached hydrogen (secondary N) is 1. The van der Waals surface area contributed by atoms with Crippen LogP contribution in [0.5, 0.6) is 0 Å². The lowest BCUT2D eigenvalue weighted by atomic mass is 10.2. The molecule has 0 saturated heterocycles. The van der Waals surface area contributed by atoms with Crippen LogP contribution in [-0.4, -0.2) is 14.3 Å².